The lowest BCUT2D eigenvalue weighted by Crippen LogP contribution is -2.45. The Morgan fingerprint density at radius 1 is 1.27 bits per heavy atom. The van der Waals surface area contributed by atoms with Gasteiger partial charge in [0.15, 0.2) is 0 Å². The molecule has 0 spiro atoms. The maximum atomic E-state index is 12.6. The van der Waals surface area contributed by atoms with Crippen LogP contribution in [-0.4, -0.2) is 33.6 Å². The molecular formula is C18H22ClN3O4. The van der Waals surface area contributed by atoms with Crippen LogP contribution in [-0.2, 0) is 29.5 Å². The Balaban J connectivity index is 0.00000243. The van der Waals surface area contributed by atoms with Crippen molar-refractivity contribution >= 4 is 18.4 Å². The molecule has 0 amide bonds. The minimum atomic E-state index is -0.578. The molecule has 1 unspecified atom stereocenters. The van der Waals surface area contributed by atoms with Crippen LogP contribution in [0.4, 0.5) is 0 Å². The fourth-order valence-corrected chi connectivity index (χ4v) is 3.20. The third-order valence-corrected chi connectivity index (χ3v) is 4.49. The summed E-state index contributed by atoms with van der Waals surface area (Å²) in [5.74, 6) is -0.335. The molecule has 2 heterocycles. The van der Waals surface area contributed by atoms with Crippen molar-refractivity contribution in [2.24, 2.45) is 7.05 Å². The summed E-state index contributed by atoms with van der Waals surface area (Å²) >= 11 is 0. The van der Waals surface area contributed by atoms with Crippen LogP contribution in [0.2, 0.25) is 0 Å². The lowest BCUT2D eigenvalue weighted by atomic mass is 10.00. The van der Waals surface area contributed by atoms with Crippen LogP contribution < -0.4 is 11.2 Å². The molecule has 0 aliphatic carbocycles. The summed E-state index contributed by atoms with van der Waals surface area (Å²) in [5.41, 5.74) is 1.27. The molecule has 0 fully saturated rings. The normalized spacial score (nSPS) is 14.8. The predicted molar refractivity (Wildman–Crippen MR) is 99.5 cm³/mol. The number of nitrogens with zero attached hydrogens (tertiary/aromatic N) is 2. The monoisotopic (exact) mass is 379 g/mol. The number of ether oxygens (including phenoxy) is 1. The van der Waals surface area contributed by atoms with Gasteiger partial charge in [0.25, 0.3) is 5.56 Å². The second kappa shape index (κ2) is 8.33. The summed E-state index contributed by atoms with van der Waals surface area (Å²) in [6.07, 6.45) is 0.503. The number of aromatic nitrogens is 2. The van der Waals surface area contributed by atoms with Crippen LogP contribution in [0.3, 0.4) is 0 Å². The molecule has 26 heavy (non-hydrogen) atoms. The molecule has 1 aromatic carbocycles. The van der Waals surface area contributed by atoms with Crippen LogP contribution in [0.15, 0.2) is 39.9 Å². The Labute approximate surface area is 157 Å². The number of H-pyrrole nitrogens is 1. The highest BCUT2D eigenvalue weighted by atomic mass is 35.5. The van der Waals surface area contributed by atoms with E-state index in [1.54, 1.807) is 6.92 Å². The Morgan fingerprint density at radius 3 is 2.62 bits per heavy atom. The van der Waals surface area contributed by atoms with Gasteiger partial charge >= 0.3 is 11.7 Å². The average molecular weight is 380 g/mol. The van der Waals surface area contributed by atoms with Crippen LogP contribution in [0.1, 0.15) is 29.8 Å². The molecule has 1 aliphatic heterocycles. The van der Waals surface area contributed by atoms with Crippen LogP contribution >= 0.6 is 12.4 Å². The SMILES string of the molecule is CCOC(=O)C(c1ccccc1)N1CCc2[nH]c(=O)n(C)c(=O)c2C1.Cl. The number of carbonyl (C=O) groups is 1. The minimum absolute atomic E-state index is 0. The molecule has 0 bridgehead atoms. The molecule has 1 aliphatic rings. The van der Waals surface area contributed by atoms with E-state index in [-0.39, 0.29) is 30.5 Å². The van der Waals surface area contributed by atoms with Crippen molar-refractivity contribution in [3.8, 4) is 0 Å². The first kappa shape index (κ1) is 19.9. The van der Waals surface area contributed by atoms with E-state index in [9.17, 15) is 14.4 Å². The lowest BCUT2D eigenvalue weighted by Gasteiger charge is -2.33. The number of nitrogens with one attached hydrogen (secondary N) is 1. The molecule has 1 atom stereocenters. The van der Waals surface area contributed by atoms with Crippen molar-refractivity contribution in [3.63, 3.8) is 0 Å². The molecule has 3 rings (SSSR count). The highest BCUT2D eigenvalue weighted by Gasteiger charge is 2.33. The van der Waals surface area contributed by atoms with Crippen molar-refractivity contribution in [2.75, 3.05) is 13.2 Å². The first-order valence-corrected chi connectivity index (χ1v) is 8.29. The number of halogens is 1. The number of hydrogen-bond donors (Lipinski definition) is 1. The van der Waals surface area contributed by atoms with Gasteiger partial charge in [-0.2, -0.15) is 0 Å². The van der Waals surface area contributed by atoms with E-state index in [4.69, 9.17) is 4.74 Å². The smallest absolute Gasteiger partial charge is 0.328 e. The largest absolute Gasteiger partial charge is 0.465 e. The molecule has 1 aromatic heterocycles. The van der Waals surface area contributed by atoms with E-state index < -0.39 is 11.7 Å². The van der Waals surface area contributed by atoms with Gasteiger partial charge in [-0.25, -0.2) is 9.59 Å². The second-order valence-corrected chi connectivity index (χ2v) is 6.04. The summed E-state index contributed by atoms with van der Waals surface area (Å²) in [7, 11) is 1.44. The number of rotatable bonds is 4. The van der Waals surface area contributed by atoms with E-state index in [2.05, 4.69) is 4.98 Å². The van der Waals surface area contributed by atoms with Gasteiger partial charge in [0.05, 0.1) is 12.2 Å². The van der Waals surface area contributed by atoms with Gasteiger partial charge in [-0.05, 0) is 12.5 Å². The van der Waals surface area contributed by atoms with Gasteiger partial charge in [-0.1, -0.05) is 30.3 Å². The van der Waals surface area contributed by atoms with Crippen LogP contribution in [0, 0.1) is 0 Å². The molecule has 8 heteroatoms. The Bertz CT molecular complexity index is 892. The molecule has 140 valence electrons. The first-order chi connectivity index (χ1) is 12.0. The maximum absolute atomic E-state index is 12.6. The van der Waals surface area contributed by atoms with Crippen molar-refractivity contribution < 1.29 is 9.53 Å². The van der Waals surface area contributed by atoms with Gasteiger partial charge < -0.3 is 9.72 Å². The fourth-order valence-electron chi connectivity index (χ4n) is 3.20. The van der Waals surface area contributed by atoms with E-state index in [1.807, 2.05) is 35.2 Å². The summed E-state index contributed by atoms with van der Waals surface area (Å²) in [5, 5.41) is 0. The molecule has 2 aromatic rings. The van der Waals surface area contributed by atoms with Gasteiger partial charge in [-0.15, -0.1) is 12.4 Å². The maximum Gasteiger partial charge on any atom is 0.328 e. The quantitative estimate of drug-likeness (QED) is 0.806. The summed E-state index contributed by atoms with van der Waals surface area (Å²) in [6.45, 7) is 2.90. The molecule has 1 N–H and O–H groups in total. The van der Waals surface area contributed by atoms with Crippen LogP contribution in [0.25, 0.3) is 0 Å². The molecule has 7 nitrogen and oxygen atoms in total. The van der Waals surface area contributed by atoms with E-state index in [0.29, 0.717) is 30.8 Å². The summed E-state index contributed by atoms with van der Waals surface area (Å²) in [4.78, 5) is 41.4. The van der Waals surface area contributed by atoms with Crippen molar-refractivity contribution in [1.29, 1.82) is 0 Å². The van der Waals surface area contributed by atoms with E-state index >= 15 is 0 Å². The zero-order chi connectivity index (χ0) is 18.0. The second-order valence-electron chi connectivity index (χ2n) is 6.04. The summed E-state index contributed by atoms with van der Waals surface area (Å²) < 4.78 is 6.31. The Kier molecular flexibility index (Phi) is 6.39. The van der Waals surface area contributed by atoms with Gasteiger partial charge in [0.2, 0.25) is 0 Å². The number of aromatic amines is 1. The van der Waals surface area contributed by atoms with E-state index in [0.717, 1.165) is 10.1 Å². The van der Waals surface area contributed by atoms with Crippen molar-refractivity contribution in [1.82, 2.24) is 14.5 Å². The molecule has 0 saturated heterocycles. The van der Waals surface area contributed by atoms with E-state index in [1.165, 1.54) is 7.05 Å². The highest BCUT2D eigenvalue weighted by molar-refractivity contribution is 5.85. The first-order valence-electron chi connectivity index (χ1n) is 8.29. The average Bonchev–Trinajstić information content (AvgIpc) is 2.62. The van der Waals surface area contributed by atoms with Gasteiger partial charge in [-0.3, -0.25) is 14.3 Å². The lowest BCUT2D eigenvalue weighted by molar-refractivity contribution is -0.150. The highest BCUT2D eigenvalue weighted by Crippen LogP contribution is 2.27. The number of benzene rings is 1. The summed E-state index contributed by atoms with van der Waals surface area (Å²) in [6, 6.07) is 8.80. The third kappa shape index (κ3) is 3.73. The van der Waals surface area contributed by atoms with Crippen molar-refractivity contribution in [2.45, 2.75) is 25.9 Å². The van der Waals surface area contributed by atoms with Gasteiger partial charge in [0.1, 0.15) is 6.04 Å². The Morgan fingerprint density at radius 2 is 1.96 bits per heavy atom. The minimum Gasteiger partial charge on any atom is -0.465 e. The molecule has 0 radical (unpaired) electrons. The number of hydrogen-bond acceptors (Lipinski definition) is 5. The topological polar surface area (TPSA) is 84.4 Å². The number of carbonyl (C=O) groups excluding carboxylic acids is 1. The van der Waals surface area contributed by atoms with Crippen LogP contribution in [0.5, 0.6) is 0 Å². The standard InChI is InChI=1S/C18H21N3O4.ClH/c1-3-25-17(23)15(12-7-5-4-6-8-12)21-10-9-14-13(11-21)16(22)20(2)18(24)19-14;/h4-8,15H,3,9-11H2,1-2H3,(H,19,24);1H. The molecular weight excluding hydrogens is 358 g/mol. The number of esters is 1. The van der Waals surface area contributed by atoms with Crippen molar-refractivity contribution in [3.05, 3.63) is 68.0 Å². The zero-order valence-corrected chi connectivity index (χ0v) is 15.5. The third-order valence-electron chi connectivity index (χ3n) is 4.49. The predicted octanol–water partition coefficient (Wildman–Crippen LogP) is 1.16. The fraction of sp³-hybridized carbons (Fsp3) is 0.389. The van der Waals surface area contributed by atoms with Gasteiger partial charge in [0, 0.05) is 32.3 Å². The number of fused-ring (bicyclic) bond motifs is 1. The molecule has 0 saturated carbocycles. The Hall–Kier alpha value is -2.38. The zero-order valence-electron chi connectivity index (χ0n) is 14.7.